The van der Waals surface area contributed by atoms with Gasteiger partial charge in [0.25, 0.3) is 0 Å². The number of aliphatic hydroxyl groups is 1. The van der Waals surface area contributed by atoms with Crippen LogP contribution in [-0.2, 0) is 4.79 Å². The number of carboxylic acid groups (broad SMARTS) is 1. The summed E-state index contributed by atoms with van der Waals surface area (Å²) in [6.45, 7) is 2.04. The van der Waals surface area contributed by atoms with Gasteiger partial charge in [-0.3, -0.25) is 0 Å². The van der Waals surface area contributed by atoms with Crippen molar-refractivity contribution < 1.29 is 19.8 Å². The molecular formula is C10H20N2O4. The SMILES string of the molecule is CCCCCN(C)C(=O)N[C@H](CO)C(=O)O. The van der Waals surface area contributed by atoms with Crippen LogP contribution in [0.25, 0.3) is 0 Å². The van der Waals surface area contributed by atoms with Crippen molar-refractivity contribution in [1.82, 2.24) is 10.2 Å². The van der Waals surface area contributed by atoms with E-state index >= 15 is 0 Å². The molecule has 2 amide bonds. The van der Waals surface area contributed by atoms with E-state index in [1.165, 1.54) is 4.90 Å². The maximum atomic E-state index is 11.5. The van der Waals surface area contributed by atoms with Crippen molar-refractivity contribution in [3.63, 3.8) is 0 Å². The first-order valence-corrected chi connectivity index (χ1v) is 5.38. The Balaban J connectivity index is 3.98. The van der Waals surface area contributed by atoms with Crippen LogP contribution in [0.3, 0.4) is 0 Å². The van der Waals surface area contributed by atoms with E-state index in [9.17, 15) is 9.59 Å². The van der Waals surface area contributed by atoms with Crippen molar-refractivity contribution >= 4 is 12.0 Å². The summed E-state index contributed by atoms with van der Waals surface area (Å²) in [6, 6.07) is -1.71. The highest BCUT2D eigenvalue weighted by atomic mass is 16.4. The number of aliphatic carboxylic acids is 1. The van der Waals surface area contributed by atoms with E-state index in [4.69, 9.17) is 10.2 Å². The fourth-order valence-corrected chi connectivity index (χ4v) is 1.15. The van der Waals surface area contributed by atoms with E-state index < -0.39 is 24.6 Å². The molecule has 3 N–H and O–H groups in total. The van der Waals surface area contributed by atoms with Gasteiger partial charge < -0.3 is 20.4 Å². The van der Waals surface area contributed by atoms with E-state index in [0.717, 1.165) is 19.3 Å². The number of carbonyl (C=O) groups excluding carboxylic acids is 1. The highest BCUT2D eigenvalue weighted by Crippen LogP contribution is 1.97. The minimum atomic E-state index is -1.24. The molecule has 1 atom stereocenters. The molecular weight excluding hydrogens is 212 g/mol. The maximum Gasteiger partial charge on any atom is 0.328 e. The van der Waals surface area contributed by atoms with E-state index in [-0.39, 0.29) is 0 Å². The third-order valence-corrected chi connectivity index (χ3v) is 2.22. The van der Waals surface area contributed by atoms with Gasteiger partial charge in [-0.15, -0.1) is 0 Å². The fourth-order valence-electron chi connectivity index (χ4n) is 1.15. The quantitative estimate of drug-likeness (QED) is 0.549. The molecule has 16 heavy (non-hydrogen) atoms. The van der Waals surface area contributed by atoms with Crippen molar-refractivity contribution in [2.24, 2.45) is 0 Å². The van der Waals surface area contributed by atoms with Crippen molar-refractivity contribution in [3.05, 3.63) is 0 Å². The number of carboxylic acids is 1. The number of nitrogens with zero attached hydrogens (tertiary/aromatic N) is 1. The summed E-state index contributed by atoms with van der Waals surface area (Å²) >= 11 is 0. The van der Waals surface area contributed by atoms with Gasteiger partial charge in [0.2, 0.25) is 0 Å². The minimum Gasteiger partial charge on any atom is -0.480 e. The Hall–Kier alpha value is -1.30. The molecule has 0 radical (unpaired) electrons. The van der Waals surface area contributed by atoms with Gasteiger partial charge in [0.05, 0.1) is 6.61 Å². The van der Waals surface area contributed by atoms with Crippen LogP contribution in [0.2, 0.25) is 0 Å². The Morgan fingerprint density at radius 3 is 2.44 bits per heavy atom. The Labute approximate surface area is 95.2 Å². The molecule has 6 nitrogen and oxygen atoms in total. The molecule has 0 aliphatic carbocycles. The van der Waals surface area contributed by atoms with Crippen LogP contribution < -0.4 is 5.32 Å². The van der Waals surface area contributed by atoms with Crippen LogP contribution in [-0.4, -0.2) is 53.4 Å². The monoisotopic (exact) mass is 232 g/mol. The lowest BCUT2D eigenvalue weighted by Gasteiger charge is -2.20. The van der Waals surface area contributed by atoms with Gasteiger partial charge in [-0.2, -0.15) is 0 Å². The Kier molecular flexibility index (Phi) is 7.28. The molecule has 0 aromatic rings. The van der Waals surface area contributed by atoms with E-state index in [1.54, 1.807) is 7.05 Å². The second kappa shape index (κ2) is 7.92. The first-order chi connectivity index (χ1) is 7.52. The summed E-state index contributed by atoms with van der Waals surface area (Å²) in [5, 5.41) is 19.6. The number of unbranched alkanes of at least 4 members (excludes halogenated alkanes) is 2. The topological polar surface area (TPSA) is 89.9 Å². The zero-order chi connectivity index (χ0) is 12.6. The lowest BCUT2D eigenvalue weighted by atomic mass is 10.2. The standard InChI is InChI=1S/C10H20N2O4/c1-3-4-5-6-12(2)10(16)11-8(7-13)9(14)15/h8,13H,3-7H2,1-2H3,(H,11,16)(H,14,15)/t8-/m1/s1. The molecule has 0 aliphatic heterocycles. The number of amides is 2. The van der Waals surface area contributed by atoms with Crippen LogP contribution in [0.1, 0.15) is 26.2 Å². The predicted octanol–water partition coefficient (Wildman–Crippen LogP) is 0.263. The molecule has 0 aromatic heterocycles. The molecule has 0 aromatic carbocycles. The molecule has 0 spiro atoms. The molecule has 0 unspecified atom stereocenters. The number of nitrogens with one attached hydrogen (secondary N) is 1. The summed E-state index contributed by atoms with van der Waals surface area (Å²) in [5.41, 5.74) is 0. The van der Waals surface area contributed by atoms with Crippen molar-refractivity contribution in [3.8, 4) is 0 Å². The Morgan fingerprint density at radius 2 is 2.00 bits per heavy atom. The molecule has 0 fully saturated rings. The van der Waals surface area contributed by atoms with Gasteiger partial charge in [-0.05, 0) is 6.42 Å². The third-order valence-electron chi connectivity index (χ3n) is 2.22. The summed E-state index contributed by atoms with van der Waals surface area (Å²) < 4.78 is 0. The number of hydrogen-bond acceptors (Lipinski definition) is 3. The van der Waals surface area contributed by atoms with Crippen molar-refractivity contribution in [2.45, 2.75) is 32.2 Å². The molecule has 0 rings (SSSR count). The lowest BCUT2D eigenvalue weighted by molar-refractivity contribution is -0.140. The smallest absolute Gasteiger partial charge is 0.328 e. The molecule has 6 heteroatoms. The first kappa shape index (κ1) is 14.7. The van der Waals surface area contributed by atoms with Gasteiger partial charge in [-0.1, -0.05) is 19.8 Å². The van der Waals surface area contributed by atoms with Gasteiger partial charge in [0.1, 0.15) is 0 Å². The number of aliphatic hydroxyl groups excluding tert-OH is 1. The predicted molar refractivity (Wildman–Crippen MR) is 59.2 cm³/mol. The number of carbonyl (C=O) groups is 2. The number of rotatable bonds is 7. The normalized spacial score (nSPS) is 11.9. The summed E-state index contributed by atoms with van der Waals surface area (Å²) in [5.74, 6) is -1.24. The summed E-state index contributed by atoms with van der Waals surface area (Å²) in [6.07, 6.45) is 2.97. The second-order valence-corrected chi connectivity index (χ2v) is 3.65. The minimum absolute atomic E-state index is 0.474. The van der Waals surface area contributed by atoms with Crippen molar-refractivity contribution in [1.29, 1.82) is 0 Å². The highest BCUT2D eigenvalue weighted by molar-refractivity contribution is 5.82. The Morgan fingerprint density at radius 1 is 1.38 bits per heavy atom. The summed E-state index contributed by atoms with van der Waals surface area (Å²) in [4.78, 5) is 23.4. The van der Waals surface area contributed by atoms with Gasteiger partial charge in [0.15, 0.2) is 6.04 Å². The Bertz CT molecular complexity index is 233. The van der Waals surface area contributed by atoms with Crippen LogP contribution in [0.5, 0.6) is 0 Å². The number of hydrogen-bond donors (Lipinski definition) is 3. The van der Waals surface area contributed by atoms with Crippen LogP contribution >= 0.6 is 0 Å². The second-order valence-electron chi connectivity index (χ2n) is 3.65. The molecule has 0 aliphatic rings. The highest BCUT2D eigenvalue weighted by Gasteiger charge is 2.20. The zero-order valence-electron chi connectivity index (χ0n) is 9.77. The molecule has 0 saturated carbocycles. The van der Waals surface area contributed by atoms with Crippen LogP contribution in [0.4, 0.5) is 4.79 Å². The van der Waals surface area contributed by atoms with Crippen LogP contribution in [0, 0.1) is 0 Å². The van der Waals surface area contributed by atoms with Crippen molar-refractivity contribution in [2.75, 3.05) is 20.2 Å². The molecule has 0 bridgehead atoms. The van der Waals surface area contributed by atoms with E-state index in [2.05, 4.69) is 12.2 Å². The average Bonchev–Trinajstić information content (AvgIpc) is 2.25. The number of urea groups is 1. The van der Waals surface area contributed by atoms with Crippen LogP contribution in [0.15, 0.2) is 0 Å². The van der Waals surface area contributed by atoms with Gasteiger partial charge in [0, 0.05) is 13.6 Å². The largest absolute Gasteiger partial charge is 0.480 e. The summed E-state index contributed by atoms with van der Waals surface area (Å²) in [7, 11) is 1.60. The zero-order valence-corrected chi connectivity index (χ0v) is 9.77. The maximum absolute atomic E-state index is 11.5. The fraction of sp³-hybridized carbons (Fsp3) is 0.800. The lowest BCUT2D eigenvalue weighted by Crippen LogP contribution is -2.48. The average molecular weight is 232 g/mol. The van der Waals surface area contributed by atoms with E-state index in [0.29, 0.717) is 6.54 Å². The third kappa shape index (κ3) is 5.55. The first-order valence-electron chi connectivity index (χ1n) is 5.38. The van der Waals surface area contributed by atoms with E-state index in [1.807, 2.05) is 0 Å². The molecule has 0 saturated heterocycles. The van der Waals surface area contributed by atoms with Gasteiger partial charge >= 0.3 is 12.0 Å². The van der Waals surface area contributed by atoms with Gasteiger partial charge in [-0.25, -0.2) is 9.59 Å². The molecule has 94 valence electrons. The molecule has 0 heterocycles.